The second kappa shape index (κ2) is 11.1. The number of carbonyl (C=O) groups excluding carboxylic acids is 2. The van der Waals surface area contributed by atoms with Gasteiger partial charge in [-0.3, -0.25) is 9.59 Å². The molecule has 1 aromatic carbocycles. The van der Waals surface area contributed by atoms with Crippen molar-refractivity contribution in [3.05, 3.63) is 48.6 Å². The molecule has 1 N–H and O–H groups in total. The molecule has 0 aliphatic carbocycles. The van der Waals surface area contributed by atoms with E-state index < -0.39 is 0 Å². The zero-order chi connectivity index (χ0) is 20.5. The lowest BCUT2D eigenvalue weighted by Crippen LogP contribution is -2.50. The number of amides is 2. The minimum Gasteiger partial charge on any atom is -0.356 e. The third-order valence-electron chi connectivity index (χ3n) is 6.35. The number of allylic oxidation sites excluding steroid dienone is 1. The lowest BCUT2D eigenvalue weighted by molar-refractivity contribution is -0.133. The number of hydrogen-bond donors (Lipinski definition) is 1. The van der Waals surface area contributed by atoms with Crippen molar-refractivity contribution in [1.29, 1.82) is 0 Å². The van der Waals surface area contributed by atoms with Crippen LogP contribution in [0.2, 0.25) is 0 Å². The Kier molecular flexibility index (Phi) is 8.29. The maximum Gasteiger partial charge on any atom is 0.223 e. The van der Waals surface area contributed by atoms with E-state index in [0.29, 0.717) is 19.0 Å². The summed E-state index contributed by atoms with van der Waals surface area (Å²) in [5, 5.41) is 3.12. The summed E-state index contributed by atoms with van der Waals surface area (Å²) >= 11 is 0. The van der Waals surface area contributed by atoms with Gasteiger partial charge in [0.1, 0.15) is 0 Å². The van der Waals surface area contributed by atoms with Crippen molar-refractivity contribution in [1.82, 2.24) is 15.1 Å². The van der Waals surface area contributed by atoms with Crippen LogP contribution in [-0.4, -0.2) is 60.4 Å². The van der Waals surface area contributed by atoms with Gasteiger partial charge < -0.3 is 15.1 Å². The summed E-state index contributed by atoms with van der Waals surface area (Å²) in [5.74, 6) is 0.611. The molecule has 5 heteroatoms. The van der Waals surface area contributed by atoms with E-state index in [1.807, 2.05) is 29.2 Å². The molecule has 2 aliphatic rings. The van der Waals surface area contributed by atoms with Crippen LogP contribution in [0.25, 0.3) is 0 Å². The lowest BCUT2D eigenvalue weighted by atomic mass is 9.92. The Bertz CT molecular complexity index is 660. The van der Waals surface area contributed by atoms with Crippen molar-refractivity contribution in [3.63, 3.8) is 0 Å². The monoisotopic (exact) mass is 397 g/mol. The van der Waals surface area contributed by atoms with Crippen LogP contribution in [0, 0.1) is 5.92 Å². The Morgan fingerprint density at radius 3 is 2.38 bits per heavy atom. The summed E-state index contributed by atoms with van der Waals surface area (Å²) in [6.45, 7) is 8.11. The van der Waals surface area contributed by atoms with Crippen molar-refractivity contribution in [2.24, 2.45) is 5.92 Å². The van der Waals surface area contributed by atoms with Crippen LogP contribution in [0.15, 0.2) is 43.0 Å². The first-order valence-corrected chi connectivity index (χ1v) is 11.1. The highest BCUT2D eigenvalue weighted by molar-refractivity contribution is 5.78. The molecule has 2 saturated heterocycles. The SMILES string of the molecule is C=CCCC(=O)N1CCC(N2CCC(C(=O)NCCc3ccccc3)CC2)CC1. The molecule has 2 aliphatic heterocycles. The fraction of sp³-hybridized carbons (Fsp3) is 0.583. The minimum absolute atomic E-state index is 0.141. The molecule has 0 unspecified atom stereocenters. The van der Waals surface area contributed by atoms with E-state index in [-0.39, 0.29) is 17.7 Å². The first-order valence-electron chi connectivity index (χ1n) is 11.1. The van der Waals surface area contributed by atoms with Crippen LogP contribution in [0.1, 0.15) is 44.1 Å². The van der Waals surface area contributed by atoms with E-state index in [2.05, 4.69) is 28.9 Å². The third-order valence-corrected chi connectivity index (χ3v) is 6.35. The normalized spacial score (nSPS) is 19.1. The predicted octanol–water partition coefficient (Wildman–Crippen LogP) is 3.01. The molecular weight excluding hydrogens is 362 g/mol. The predicted molar refractivity (Wildman–Crippen MR) is 116 cm³/mol. The van der Waals surface area contributed by atoms with E-state index >= 15 is 0 Å². The Hall–Kier alpha value is -2.14. The van der Waals surface area contributed by atoms with E-state index in [1.54, 1.807) is 0 Å². The van der Waals surface area contributed by atoms with Crippen LogP contribution >= 0.6 is 0 Å². The second-order valence-electron chi connectivity index (χ2n) is 8.28. The molecule has 0 aromatic heterocycles. The Balaban J connectivity index is 1.33. The number of nitrogens with one attached hydrogen (secondary N) is 1. The molecule has 1 aromatic rings. The quantitative estimate of drug-likeness (QED) is 0.686. The molecule has 5 nitrogen and oxygen atoms in total. The van der Waals surface area contributed by atoms with E-state index in [0.717, 1.165) is 64.7 Å². The summed E-state index contributed by atoms with van der Waals surface area (Å²) in [7, 11) is 0. The maximum absolute atomic E-state index is 12.5. The van der Waals surface area contributed by atoms with Crippen LogP contribution in [0.4, 0.5) is 0 Å². The van der Waals surface area contributed by atoms with Gasteiger partial charge in [-0.2, -0.15) is 0 Å². The molecule has 2 amide bonds. The summed E-state index contributed by atoms with van der Waals surface area (Å²) in [6.07, 6.45) is 8.02. The number of benzene rings is 1. The molecule has 0 bridgehead atoms. The van der Waals surface area contributed by atoms with Gasteiger partial charge in [-0.1, -0.05) is 36.4 Å². The van der Waals surface area contributed by atoms with Gasteiger partial charge in [-0.05, 0) is 57.2 Å². The summed E-state index contributed by atoms with van der Waals surface area (Å²) in [6, 6.07) is 10.8. The average Bonchev–Trinajstić information content (AvgIpc) is 2.78. The number of piperidine rings is 2. The zero-order valence-electron chi connectivity index (χ0n) is 17.5. The fourth-order valence-electron chi connectivity index (χ4n) is 4.51. The van der Waals surface area contributed by atoms with E-state index in [1.165, 1.54) is 5.56 Å². The van der Waals surface area contributed by atoms with Crippen molar-refractivity contribution >= 4 is 11.8 Å². The highest BCUT2D eigenvalue weighted by Crippen LogP contribution is 2.24. The number of carbonyl (C=O) groups is 2. The topological polar surface area (TPSA) is 52.7 Å². The van der Waals surface area contributed by atoms with Crippen LogP contribution < -0.4 is 5.32 Å². The van der Waals surface area contributed by atoms with Crippen molar-refractivity contribution in [2.75, 3.05) is 32.7 Å². The highest BCUT2D eigenvalue weighted by atomic mass is 16.2. The number of hydrogen-bond acceptors (Lipinski definition) is 3. The number of nitrogens with zero attached hydrogens (tertiary/aromatic N) is 2. The minimum atomic E-state index is 0.141. The smallest absolute Gasteiger partial charge is 0.223 e. The van der Waals surface area contributed by atoms with Crippen molar-refractivity contribution in [3.8, 4) is 0 Å². The lowest BCUT2D eigenvalue weighted by Gasteiger charge is -2.41. The Morgan fingerprint density at radius 2 is 1.72 bits per heavy atom. The van der Waals surface area contributed by atoms with Gasteiger partial charge in [-0.25, -0.2) is 0 Å². The van der Waals surface area contributed by atoms with Gasteiger partial charge in [0.15, 0.2) is 0 Å². The molecule has 0 saturated carbocycles. The van der Waals surface area contributed by atoms with Crippen molar-refractivity contribution < 1.29 is 9.59 Å². The maximum atomic E-state index is 12.5. The molecule has 29 heavy (non-hydrogen) atoms. The Labute approximate surface area is 175 Å². The average molecular weight is 398 g/mol. The number of rotatable bonds is 8. The van der Waals surface area contributed by atoms with E-state index in [9.17, 15) is 9.59 Å². The molecular formula is C24H35N3O2. The van der Waals surface area contributed by atoms with Gasteiger partial charge in [0, 0.05) is 38.0 Å². The summed E-state index contributed by atoms with van der Waals surface area (Å²) in [5.41, 5.74) is 1.26. The standard InChI is InChI=1S/C24H35N3O2/c1-2-3-9-23(28)27-18-13-22(14-19-27)26-16-11-21(12-17-26)24(29)25-15-10-20-7-5-4-6-8-20/h2,4-8,21-22H,1,3,9-19H2,(H,25,29). The van der Waals surface area contributed by atoms with Crippen LogP contribution in [0.5, 0.6) is 0 Å². The molecule has 2 heterocycles. The number of likely N-dealkylation sites (tertiary alicyclic amines) is 2. The van der Waals surface area contributed by atoms with Crippen LogP contribution in [0.3, 0.4) is 0 Å². The van der Waals surface area contributed by atoms with Crippen LogP contribution in [-0.2, 0) is 16.0 Å². The van der Waals surface area contributed by atoms with Gasteiger partial charge in [-0.15, -0.1) is 6.58 Å². The molecule has 3 rings (SSSR count). The first kappa shape index (κ1) is 21.6. The third kappa shape index (κ3) is 6.43. The van der Waals surface area contributed by atoms with Gasteiger partial charge in [0.2, 0.25) is 11.8 Å². The molecule has 2 fully saturated rings. The van der Waals surface area contributed by atoms with Gasteiger partial charge >= 0.3 is 0 Å². The molecule has 0 spiro atoms. The molecule has 0 radical (unpaired) electrons. The first-order chi connectivity index (χ1) is 14.2. The fourth-order valence-corrected chi connectivity index (χ4v) is 4.51. The van der Waals surface area contributed by atoms with Gasteiger partial charge in [0.25, 0.3) is 0 Å². The summed E-state index contributed by atoms with van der Waals surface area (Å²) in [4.78, 5) is 29.2. The summed E-state index contributed by atoms with van der Waals surface area (Å²) < 4.78 is 0. The molecule has 0 atom stereocenters. The second-order valence-corrected chi connectivity index (χ2v) is 8.28. The van der Waals surface area contributed by atoms with Gasteiger partial charge in [0.05, 0.1) is 0 Å². The molecule has 158 valence electrons. The Morgan fingerprint density at radius 1 is 1.03 bits per heavy atom. The van der Waals surface area contributed by atoms with Crippen molar-refractivity contribution in [2.45, 2.75) is 51.0 Å². The highest BCUT2D eigenvalue weighted by Gasteiger charge is 2.31. The largest absolute Gasteiger partial charge is 0.356 e. The zero-order valence-corrected chi connectivity index (χ0v) is 17.5. The van der Waals surface area contributed by atoms with E-state index in [4.69, 9.17) is 0 Å².